The Hall–Kier alpha value is -2.09. The van der Waals surface area contributed by atoms with Crippen molar-refractivity contribution in [1.29, 1.82) is 0 Å². The highest BCUT2D eigenvalue weighted by Crippen LogP contribution is 2.26. The molecule has 0 saturated carbocycles. The minimum absolute atomic E-state index is 0.350. The highest BCUT2D eigenvalue weighted by Gasteiger charge is 2.25. The molecule has 9 heteroatoms. The van der Waals surface area contributed by atoms with Gasteiger partial charge in [0.2, 0.25) is 0 Å². The van der Waals surface area contributed by atoms with Crippen molar-refractivity contribution in [1.82, 2.24) is 23.6 Å². The molecule has 166 valence electrons. The number of hydrogen-bond donors (Lipinski definition) is 0. The molecule has 0 spiro atoms. The van der Waals surface area contributed by atoms with Crippen LogP contribution in [0, 0.1) is 11.8 Å². The Morgan fingerprint density at radius 3 is 2.32 bits per heavy atom. The third kappa shape index (κ3) is 4.19. The van der Waals surface area contributed by atoms with Gasteiger partial charge in [-0.3, -0.25) is 18.8 Å². The zero-order valence-electron chi connectivity index (χ0n) is 18.2. The summed E-state index contributed by atoms with van der Waals surface area (Å²) >= 11 is 12.3. The van der Waals surface area contributed by atoms with Crippen molar-refractivity contribution in [3.63, 3.8) is 0 Å². The third-order valence-corrected chi connectivity index (χ3v) is 6.80. The average molecular weight is 464 g/mol. The molecule has 0 bridgehead atoms. The normalized spacial score (nSPS) is 19.9. The average Bonchev–Trinajstić information content (AvgIpc) is 3.05. The maximum absolute atomic E-state index is 13.1. The molecule has 0 radical (unpaired) electrons. The second-order valence-electron chi connectivity index (χ2n) is 8.88. The van der Waals surface area contributed by atoms with Crippen LogP contribution in [0.2, 0.25) is 10.0 Å². The summed E-state index contributed by atoms with van der Waals surface area (Å²) in [6, 6.07) is 5.44. The van der Waals surface area contributed by atoms with E-state index in [4.69, 9.17) is 28.2 Å². The lowest BCUT2D eigenvalue weighted by Gasteiger charge is -2.34. The molecule has 1 aliphatic rings. The van der Waals surface area contributed by atoms with Crippen LogP contribution in [0.5, 0.6) is 0 Å². The van der Waals surface area contributed by atoms with Gasteiger partial charge in [0.1, 0.15) is 5.82 Å². The van der Waals surface area contributed by atoms with E-state index in [-0.39, 0.29) is 11.2 Å². The molecule has 2 atom stereocenters. The van der Waals surface area contributed by atoms with E-state index in [1.165, 1.54) is 18.0 Å². The zero-order valence-corrected chi connectivity index (χ0v) is 19.7. The Labute approximate surface area is 190 Å². The maximum Gasteiger partial charge on any atom is 0.332 e. The lowest BCUT2D eigenvalue weighted by atomic mass is 9.92. The van der Waals surface area contributed by atoms with Gasteiger partial charge >= 0.3 is 5.69 Å². The Kier molecular flexibility index (Phi) is 6.03. The summed E-state index contributed by atoms with van der Waals surface area (Å²) in [7, 11) is 3.14. The topological polar surface area (TPSA) is 65.1 Å². The number of nitrogens with zero attached hydrogens (tertiary/aromatic N) is 5. The first-order chi connectivity index (χ1) is 14.7. The van der Waals surface area contributed by atoms with E-state index in [2.05, 4.69) is 18.7 Å². The first kappa shape index (κ1) is 22.1. The molecular formula is C22H27Cl2N5O2. The number of likely N-dealkylation sites (tertiary alicyclic amines) is 1. The van der Waals surface area contributed by atoms with E-state index in [1.54, 1.807) is 19.2 Å². The zero-order chi connectivity index (χ0) is 22.4. The Morgan fingerprint density at radius 1 is 1.00 bits per heavy atom. The van der Waals surface area contributed by atoms with E-state index < -0.39 is 0 Å². The van der Waals surface area contributed by atoms with Crippen LogP contribution in [-0.4, -0.2) is 36.7 Å². The molecule has 0 aliphatic carbocycles. The fourth-order valence-electron chi connectivity index (χ4n) is 4.72. The highest BCUT2D eigenvalue weighted by molar-refractivity contribution is 6.42. The van der Waals surface area contributed by atoms with E-state index in [9.17, 15) is 9.59 Å². The standard InChI is InChI=1S/C22H27Cl2N5O2/c1-13-7-14(2)10-28(9-13)12-18-25-20-19(21(30)27(4)22(31)26(20)3)29(18)11-15-5-6-16(23)17(24)8-15/h5-6,8,13-14H,7,9-12H2,1-4H3/t13-,14-/m1/s1. The lowest BCUT2D eigenvalue weighted by Crippen LogP contribution is -2.39. The summed E-state index contributed by atoms with van der Waals surface area (Å²) in [6.07, 6.45) is 1.21. The second kappa shape index (κ2) is 8.45. The van der Waals surface area contributed by atoms with Gasteiger partial charge in [0.15, 0.2) is 11.2 Å². The Bertz CT molecular complexity index is 1250. The molecule has 0 N–H and O–H groups in total. The molecule has 7 nitrogen and oxygen atoms in total. The van der Waals surface area contributed by atoms with Gasteiger partial charge in [0, 0.05) is 33.7 Å². The number of hydrogen-bond acceptors (Lipinski definition) is 4. The fourth-order valence-corrected chi connectivity index (χ4v) is 5.04. The van der Waals surface area contributed by atoms with E-state index in [0.29, 0.717) is 46.1 Å². The molecular weight excluding hydrogens is 437 g/mol. The molecule has 1 saturated heterocycles. The van der Waals surface area contributed by atoms with Crippen molar-refractivity contribution < 1.29 is 0 Å². The van der Waals surface area contributed by atoms with Crippen molar-refractivity contribution in [2.45, 2.75) is 33.4 Å². The number of benzene rings is 1. The number of halogens is 2. The summed E-state index contributed by atoms with van der Waals surface area (Å²) in [4.78, 5) is 32.7. The number of imidazole rings is 1. The number of piperidine rings is 1. The first-order valence-electron chi connectivity index (χ1n) is 10.5. The SMILES string of the molecule is C[C@@H]1C[C@@H](C)CN(Cc2nc3c(c(=O)n(C)c(=O)n3C)n2Cc2ccc(Cl)c(Cl)c2)C1. The van der Waals surface area contributed by atoms with Crippen LogP contribution in [0.3, 0.4) is 0 Å². The van der Waals surface area contributed by atoms with E-state index in [1.807, 2.05) is 10.6 Å². The molecule has 31 heavy (non-hydrogen) atoms. The van der Waals surface area contributed by atoms with Crippen LogP contribution >= 0.6 is 23.2 Å². The minimum atomic E-state index is -0.386. The first-order valence-corrected chi connectivity index (χ1v) is 11.2. The number of fused-ring (bicyclic) bond motifs is 1. The predicted molar refractivity (Wildman–Crippen MR) is 124 cm³/mol. The van der Waals surface area contributed by atoms with Gasteiger partial charge in [0.05, 0.1) is 16.6 Å². The van der Waals surface area contributed by atoms with Crippen LogP contribution in [0.4, 0.5) is 0 Å². The highest BCUT2D eigenvalue weighted by atomic mass is 35.5. The number of rotatable bonds is 4. The van der Waals surface area contributed by atoms with Gasteiger partial charge in [-0.05, 0) is 36.0 Å². The quantitative estimate of drug-likeness (QED) is 0.595. The minimum Gasteiger partial charge on any atom is -0.317 e. The molecule has 0 unspecified atom stereocenters. The van der Waals surface area contributed by atoms with Gasteiger partial charge in [-0.2, -0.15) is 0 Å². The second-order valence-corrected chi connectivity index (χ2v) is 9.70. The van der Waals surface area contributed by atoms with Gasteiger partial charge < -0.3 is 4.57 Å². The van der Waals surface area contributed by atoms with Crippen LogP contribution in [0.25, 0.3) is 11.2 Å². The van der Waals surface area contributed by atoms with E-state index in [0.717, 1.165) is 29.0 Å². The molecule has 3 heterocycles. The monoisotopic (exact) mass is 463 g/mol. The van der Waals surface area contributed by atoms with Crippen molar-refractivity contribution in [3.8, 4) is 0 Å². The van der Waals surface area contributed by atoms with Crippen LogP contribution in [-0.2, 0) is 27.2 Å². The molecule has 1 fully saturated rings. The fraction of sp³-hybridized carbons (Fsp3) is 0.500. The van der Waals surface area contributed by atoms with Gasteiger partial charge in [0.25, 0.3) is 5.56 Å². The predicted octanol–water partition coefficient (Wildman–Crippen LogP) is 3.27. The molecule has 3 aromatic rings. The largest absolute Gasteiger partial charge is 0.332 e. The van der Waals surface area contributed by atoms with Gasteiger partial charge in [-0.25, -0.2) is 9.78 Å². The summed E-state index contributed by atoms with van der Waals surface area (Å²) in [5.74, 6) is 1.98. The molecule has 1 aliphatic heterocycles. The summed E-state index contributed by atoms with van der Waals surface area (Å²) < 4.78 is 4.48. The van der Waals surface area contributed by atoms with Crippen molar-refractivity contribution in [3.05, 3.63) is 60.5 Å². The van der Waals surface area contributed by atoms with Gasteiger partial charge in [-0.15, -0.1) is 0 Å². The van der Waals surface area contributed by atoms with E-state index >= 15 is 0 Å². The van der Waals surface area contributed by atoms with Crippen LogP contribution in [0.15, 0.2) is 27.8 Å². The molecule has 1 aromatic carbocycles. The molecule has 2 aromatic heterocycles. The van der Waals surface area contributed by atoms with Crippen LogP contribution < -0.4 is 11.2 Å². The third-order valence-electron chi connectivity index (χ3n) is 6.06. The number of aromatic nitrogens is 4. The summed E-state index contributed by atoms with van der Waals surface area (Å²) in [6.45, 7) is 7.52. The molecule has 4 rings (SSSR count). The van der Waals surface area contributed by atoms with Crippen molar-refractivity contribution in [2.24, 2.45) is 25.9 Å². The van der Waals surface area contributed by atoms with Crippen molar-refractivity contribution >= 4 is 34.4 Å². The summed E-state index contributed by atoms with van der Waals surface area (Å²) in [5.41, 5.74) is 0.997. The van der Waals surface area contributed by atoms with Crippen molar-refractivity contribution in [2.75, 3.05) is 13.1 Å². The van der Waals surface area contributed by atoms with Gasteiger partial charge in [-0.1, -0.05) is 43.1 Å². The van der Waals surface area contributed by atoms with Crippen LogP contribution in [0.1, 0.15) is 31.7 Å². The molecule has 0 amide bonds. The lowest BCUT2D eigenvalue weighted by molar-refractivity contribution is 0.130. The smallest absolute Gasteiger partial charge is 0.317 e. The Morgan fingerprint density at radius 2 is 1.68 bits per heavy atom. The Balaban J connectivity index is 1.85. The summed E-state index contributed by atoms with van der Waals surface area (Å²) in [5, 5.41) is 0.944. The maximum atomic E-state index is 13.1. The number of aryl methyl sites for hydroxylation is 1.